The van der Waals surface area contributed by atoms with E-state index in [2.05, 4.69) is 21.2 Å². The van der Waals surface area contributed by atoms with Crippen molar-refractivity contribution in [3.63, 3.8) is 0 Å². The molecule has 1 aliphatic heterocycles. The quantitative estimate of drug-likeness (QED) is 0.759. The number of halogens is 1. The number of hydrogen-bond donors (Lipinski definition) is 1. The highest BCUT2D eigenvalue weighted by atomic mass is 79.9. The van der Waals surface area contributed by atoms with E-state index in [1.807, 2.05) is 0 Å². The molecule has 1 heterocycles. The van der Waals surface area contributed by atoms with Gasteiger partial charge in [-0.15, -0.1) is 0 Å². The van der Waals surface area contributed by atoms with Crippen molar-refractivity contribution in [3.8, 4) is 5.75 Å². The largest absolute Gasteiger partial charge is 0.497 e. The minimum absolute atomic E-state index is 0.0928. The van der Waals surface area contributed by atoms with E-state index in [-0.39, 0.29) is 11.9 Å². The standard InChI is InChI=1S/C17H22BrN3O4/c1-11(2)19-15(22)17(24)21-8-6-20(7-9-21)16(23)13-10-12(25-3)4-5-14(13)18/h4-5,10-11H,6-9H2,1-3H3,(H,19,22). The van der Waals surface area contributed by atoms with Crippen molar-refractivity contribution in [2.24, 2.45) is 0 Å². The van der Waals surface area contributed by atoms with Crippen molar-refractivity contribution in [1.82, 2.24) is 15.1 Å². The molecule has 0 aliphatic carbocycles. The van der Waals surface area contributed by atoms with E-state index in [9.17, 15) is 14.4 Å². The van der Waals surface area contributed by atoms with Crippen molar-refractivity contribution >= 4 is 33.7 Å². The molecule has 2 rings (SSSR count). The van der Waals surface area contributed by atoms with Gasteiger partial charge in [0, 0.05) is 36.7 Å². The Bertz CT molecular complexity index is 670. The Hall–Kier alpha value is -2.09. The molecule has 0 atom stereocenters. The number of benzene rings is 1. The van der Waals surface area contributed by atoms with Gasteiger partial charge >= 0.3 is 11.8 Å². The molecule has 1 N–H and O–H groups in total. The van der Waals surface area contributed by atoms with Gasteiger partial charge in [0.15, 0.2) is 0 Å². The molecule has 0 radical (unpaired) electrons. The van der Waals surface area contributed by atoms with Gasteiger partial charge in [-0.1, -0.05) is 0 Å². The normalized spacial score (nSPS) is 14.4. The molecule has 7 nitrogen and oxygen atoms in total. The summed E-state index contributed by atoms with van der Waals surface area (Å²) in [5.74, 6) is -0.691. The van der Waals surface area contributed by atoms with E-state index in [1.165, 1.54) is 4.90 Å². The first-order valence-electron chi connectivity index (χ1n) is 8.06. The number of carbonyl (C=O) groups is 3. The Balaban J connectivity index is 1.99. The maximum absolute atomic E-state index is 12.7. The summed E-state index contributed by atoms with van der Waals surface area (Å²) < 4.78 is 5.85. The minimum Gasteiger partial charge on any atom is -0.497 e. The highest BCUT2D eigenvalue weighted by Gasteiger charge is 2.29. The second-order valence-electron chi connectivity index (χ2n) is 6.06. The summed E-state index contributed by atoms with van der Waals surface area (Å²) in [4.78, 5) is 39.8. The highest BCUT2D eigenvalue weighted by molar-refractivity contribution is 9.10. The third-order valence-electron chi connectivity index (χ3n) is 3.87. The Morgan fingerprint density at radius 2 is 1.72 bits per heavy atom. The van der Waals surface area contributed by atoms with E-state index in [0.717, 1.165) is 0 Å². The lowest BCUT2D eigenvalue weighted by Crippen LogP contribution is -2.54. The van der Waals surface area contributed by atoms with Crippen LogP contribution in [0, 0.1) is 0 Å². The molecule has 0 bridgehead atoms. The van der Waals surface area contributed by atoms with Crippen LogP contribution < -0.4 is 10.1 Å². The number of ether oxygens (including phenoxy) is 1. The molecule has 1 aromatic carbocycles. The Kier molecular flexibility index (Phi) is 6.41. The van der Waals surface area contributed by atoms with Gasteiger partial charge in [-0.3, -0.25) is 14.4 Å². The number of nitrogens with one attached hydrogen (secondary N) is 1. The highest BCUT2D eigenvalue weighted by Crippen LogP contribution is 2.24. The van der Waals surface area contributed by atoms with Gasteiger partial charge < -0.3 is 19.9 Å². The summed E-state index contributed by atoms with van der Waals surface area (Å²) in [6.07, 6.45) is 0. The molecule has 0 aromatic heterocycles. The summed E-state index contributed by atoms with van der Waals surface area (Å²) in [5.41, 5.74) is 0.511. The van der Waals surface area contributed by atoms with Crippen LogP contribution in [0.4, 0.5) is 0 Å². The monoisotopic (exact) mass is 411 g/mol. The lowest BCUT2D eigenvalue weighted by atomic mass is 10.1. The van der Waals surface area contributed by atoms with Crippen molar-refractivity contribution in [2.45, 2.75) is 19.9 Å². The fourth-order valence-electron chi connectivity index (χ4n) is 2.55. The van der Waals surface area contributed by atoms with Gasteiger partial charge in [0.05, 0.1) is 12.7 Å². The first-order chi connectivity index (χ1) is 11.8. The van der Waals surface area contributed by atoms with Crippen LogP contribution >= 0.6 is 15.9 Å². The fourth-order valence-corrected chi connectivity index (χ4v) is 2.96. The SMILES string of the molecule is COc1ccc(Br)c(C(=O)N2CCN(C(=O)C(=O)NC(C)C)CC2)c1. The number of nitrogens with zero attached hydrogens (tertiary/aromatic N) is 2. The van der Waals surface area contributed by atoms with E-state index in [0.29, 0.717) is 42.0 Å². The van der Waals surface area contributed by atoms with Gasteiger partial charge in [0.25, 0.3) is 5.91 Å². The van der Waals surface area contributed by atoms with Crippen LogP contribution in [0.25, 0.3) is 0 Å². The van der Waals surface area contributed by atoms with E-state index in [1.54, 1.807) is 44.1 Å². The summed E-state index contributed by atoms with van der Waals surface area (Å²) in [5, 5.41) is 2.59. The molecular weight excluding hydrogens is 390 g/mol. The van der Waals surface area contributed by atoms with Crippen LogP contribution in [0.3, 0.4) is 0 Å². The van der Waals surface area contributed by atoms with Gasteiger partial charge in [-0.25, -0.2) is 0 Å². The van der Waals surface area contributed by atoms with Crippen LogP contribution in [-0.4, -0.2) is 66.9 Å². The van der Waals surface area contributed by atoms with E-state index >= 15 is 0 Å². The lowest BCUT2D eigenvalue weighted by molar-refractivity contribution is -0.147. The molecule has 25 heavy (non-hydrogen) atoms. The van der Waals surface area contributed by atoms with Crippen molar-refractivity contribution in [3.05, 3.63) is 28.2 Å². The molecule has 1 saturated heterocycles. The smallest absolute Gasteiger partial charge is 0.312 e. The maximum Gasteiger partial charge on any atom is 0.312 e. The Morgan fingerprint density at radius 3 is 2.28 bits per heavy atom. The second kappa shape index (κ2) is 8.33. The molecule has 3 amide bonds. The molecular formula is C17H22BrN3O4. The molecule has 0 saturated carbocycles. The molecule has 0 unspecified atom stereocenters. The molecule has 1 aromatic rings. The number of hydrogen-bond acceptors (Lipinski definition) is 4. The minimum atomic E-state index is -0.606. The van der Waals surface area contributed by atoms with Crippen molar-refractivity contribution in [1.29, 1.82) is 0 Å². The molecule has 0 spiro atoms. The predicted molar refractivity (Wildman–Crippen MR) is 96.5 cm³/mol. The van der Waals surface area contributed by atoms with Gasteiger partial charge in [-0.2, -0.15) is 0 Å². The molecule has 8 heteroatoms. The summed E-state index contributed by atoms with van der Waals surface area (Å²) in [7, 11) is 1.55. The molecule has 136 valence electrons. The van der Waals surface area contributed by atoms with Crippen molar-refractivity contribution in [2.75, 3.05) is 33.3 Å². The molecule has 1 aliphatic rings. The number of piperazine rings is 1. The zero-order valence-electron chi connectivity index (χ0n) is 14.5. The second-order valence-corrected chi connectivity index (χ2v) is 6.91. The number of carbonyl (C=O) groups excluding carboxylic acids is 3. The summed E-state index contributed by atoms with van der Waals surface area (Å²) in [6.45, 7) is 5.02. The topological polar surface area (TPSA) is 79.0 Å². The Morgan fingerprint density at radius 1 is 1.12 bits per heavy atom. The van der Waals surface area contributed by atoms with Gasteiger partial charge in [0.2, 0.25) is 0 Å². The zero-order chi connectivity index (χ0) is 18.6. The van der Waals surface area contributed by atoms with Crippen LogP contribution in [-0.2, 0) is 9.59 Å². The first kappa shape index (κ1) is 19.2. The number of amides is 3. The number of methoxy groups -OCH3 is 1. The van der Waals surface area contributed by atoms with Crippen LogP contribution in [0.1, 0.15) is 24.2 Å². The van der Waals surface area contributed by atoms with Gasteiger partial charge in [-0.05, 0) is 48.0 Å². The van der Waals surface area contributed by atoms with Crippen LogP contribution in [0.2, 0.25) is 0 Å². The third kappa shape index (κ3) is 4.72. The predicted octanol–water partition coefficient (Wildman–Crippen LogP) is 1.27. The van der Waals surface area contributed by atoms with Gasteiger partial charge in [0.1, 0.15) is 5.75 Å². The number of rotatable bonds is 3. The molecule has 1 fully saturated rings. The van der Waals surface area contributed by atoms with Crippen LogP contribution in [0.15, 0.2) is 22.7 Å². The van der Waals surface area contributed by atoms with Crippen molar-refractivity contribution < 1.29 is 19.1 Å². The average molecular weight is 412 g/mol. The lowest BCUT2D eigenvalue weighted by Gasteiger charge is -2.34. The zero-order valence-corrected chi connectivity index (χ0v) is 16.1. The average Bonchev–Trinajstić information content (AvgIpc) is 2.60. The summed E-state index contributed by atoms with van der Waals surface area (Å²) in [6, 6.07) is 5.12. The first-order valence-corrected chi connectivity index (χ1v) is 8.85. The summed E-state index contributed by atoms with van der Waals surface area (Å²) >= 11 is 3.38. The van der Waals surface area contributed by atoms with Crippen LogP contribution in [0.5, 0.6) is 5.75 Å². The fraction of sp³-hybridized carbons (Fsp3) is 0.471. The van der Waals surface area contributed by atoms with E-state index in [4.69, 9.17) is 4.74 Å². The van der Waals surface area contributed by atoms with E-state index < -0.39 is 11.8 Å². The maximum atomic E-state index is 12.7. The Labute approximate surface area is 155 Å². The third-order valence-corrected chi connectivity index (χ3v) is 4.56.